The molecule has 11 heteroatoms. The number of nitrogens with two attached hydrogens (primary N) is 1. The van der Waals surface area contributed by atoms with Crippen LogP contribution in [0.4, 0.5) is 8.78 Å². The van der Waals surface area contributed by atoms with Crippen LogP contribution in [-0.2, 0) is 5.41 Å². The normalized spacial score (nSPS) is 28.1. The number of nitrogens with zero attached hydrogens (tertiary/aromatic N) is 6. The number of hydrogen-bond acceptors (Lipinski definition) is 7. The van der Waals surface area contributed by atoms with Crippen molar-refractivity contribution < 1.29 is 22.4 Å². The fourth-order valence-electron chi connectivity index (χ4n) is 6.71. The lowest BCUT2D eigenvalue weighted by atomic mass is 9.58. The molecule has 1 aromatic carbocycles. The van der Waals surface area contributed by atoms with Crippen molar-refractivity contribution in [2.24, 2.45) is 5.73 Å². The van der Waals surface area contributed by atoms with Gasteiger partial charge in [-0.1, -0.05) is 6.07 Å². The van der Waals surface area contributed by atoms with Crippen molar-refractivity contribution in [3.8, 4) is 22.9 Å². The van der Waals surface area contributed by atoms with Crippen molar-refractivity contribution in [1.82, 2.24) is 24.5 Å². The number of fused-ring (bicyclic) bond motifs is 9. The predicted octanol–water partition coefficient (Wildman–Crippen LogP) is 4.33. The molecule has 3 aliphatic rings. The average Bonchev–Trinajstić information content (AvgIpc) is 3.43. The highest BCUT2D eigenvalue weighted by Crippen LogP contribution is 2.53. The molecule has 2 aliphatic carbocycles. The Morgan fingerprint density at radius 1 is 1.23 bits per heavy atom. The maximum Gasteiger partial charge on any atom is 0.387 e. The molecule has 202 valence electrons. The number of pyridine rings is 1. The van der Waals surface area contributed by atoms with Crippen LogP contribution in [0.5, 0.6) is 5.75 Å². The zero-order valence-corrected chi connectivity index (χ0v) is 21.3. The lowest BCUT2D eigenvalue weighted by Crippen LogP contribution is -2.58. The Morgan fingerprint density at radius 2 is 2.00 bits per heavy atom. The molecule has 0 saturated heterocycles. The molecule has 2 N–H and O–H groups in total. The first-order valence-corrected chi connectivity index (χ1v) is 12.8. The molecule has 2 bridgehead atoms. The number of carbonyl (C=O) groups excluding carboxylic acids is 1. The van der Waals surface area contributed by atoms with Gasteiger partial charge in [0.15, 0.2) is 0 Å². The number of amides is 1. The van der Waals surface area contributed by atoms with Crippen LogP contribution in [0.3, 0.4) is 0 Å². The number of nitriles is 1. The first-order chi connectivity index (χ1) is 20.3. The molecule has 0 radical (unpaired) electrons. The minimum absolute atomic E-state index is 0.00270. The maximum absolute atomic E-state index is 13.6. The first-order valence-electron chi connectivity index (χ1n) is 14.3. The van der Waals surface area contributed by atoms with Gasteiger partial charge in [0, 0.05) is 63.4 Å². The first kappa shape index (κ1) is 21.4. The van der Waals surface area contributed by atoms with Crippen LogP contribution in [0.2, 0.25) is 0 Å². The minimum atomic E-state index is -3.14. The van der Waals surface area contributed by atoms with Gasteiger partial charge in [0.2, 0.25) is 0 Å². The number of rotatable bonds is 4. The van der Waals surface area contributed by atoms with Crippen LogP contribution in [-0.4, -0.2) is 49.5 Å². The summed E-state index contributed by atoms with van der Waals surface area (Å²) >= 11 is 0. The molecule has 2 atom stereocenters. The Kier molecular flexibility index (Phi) is 4.43. The molecule has 9 nitrogen and oxygen atoms in total. The van der Waals surface area contributed by atoms with Gasteiger partial charge in [0.1, 0.15) is 17.0 Å². The van der Waals surface area contributed by atoms with Crippen molar-refractivity contribution >= 4 is 11.4 Å². The molecule has 4 aromatic rings. The van der Waals surface area contributed by atoms with E-state index in [1.54, 1.807) is 29.2 Å². The highest BCUT2D eigenvalue weighted by Gasteiger charge is 2.53. The van der Waals surface area contributed by atoms with Crippen LogP contribution in [0, 0.1) is 11.3 Å². The van der Waals surface area contributed by atoms with Crippen LogP contribution in [0.25, 0.3) is 16.6 Å². The molecule has 4 heterocycles. The van der Waals surface area contributed by atoms with E-state index < -0.39 is 42.4 Å². The van der Waals surface area contributed by atoms with E-state index in [1.807, 2.05) is 13.0 Å². The van der Waals surface area contributed by atoms with Gasteiger partial charge in [-0.25, -0.2) is 14.5 Å². The average molecular weight is 545 g/mol. The van der Waals surface area contributed by atoms with Crippen molar-refractivity contribution in [3.63, 3.8) is 0 Å². The molecule has 1 amide bonds. The number of alkyl halides is 2. The topological polar surface area (TPSA) is 122 Å². The number of halogens is 2. The summed E-state index contributed by atoms with van der Waals surface area (Å²) in [6.45, 7) is -4.06. The Labute approximate surface area is 232 Å². The summed E-state index contributed by atoms with van der Waals surface area (Å²) in [5, 5.41) is 14.5. The van der Waals surface area contributed by atoms with Crippen LogP contribution >= 0.6 is 0 Å². The summed E-state index contributed by atoms with van der Waals surface area (Å²) in [6, 6.07) is 9.25. The van der Waals surface area contributed by atoms with Gasteiger partial charge < -0.3 is 15.4 Å². The summed E-state index contributed by atoms with van der Waals surface area (Å²) in [6.07, 6.45) is 6.04. The van der Waals surface area contributed by atoms with Gasteiger partial charge in [-0.3, -0.25) is 4.79 Å². The fourth-order valence-corrected chi connectivity index (χ4v) is 6.71. The van der Waals surface area contributed by atoms with Crippen molar-refractivity contribution in [2.45, 2.75) is 55.7 Å². The number of benzene rings is 1. The summed E-state index contributed by atoms with van der Waals surface area (Å²) in [7, 11) is 0. The molecule has 1 saturated carbocycles. The minimum Gasteiger partial charge on any atom is -0.434 e. The van der Waals surface area contributed by atoms with E-state index in [-0.39, 0.29) is 23.3 Å². The van der Waals surface area contributed by atoms with Gasteiger partial charge in [0.05, 0.1) is 23.3 Å². The Balaban J connectivity index is 1.36. The second kappa shape index (κ2) is 8.29. The van der Waals surface area contributed by atoms with E-state index in [4.69, 9.17) is 14.6 Å². The van der Waals surface area contributed by atoms with Crippen molar-refractivity contribution in [2.75, 3.05) is 6.98 Å². The third-order valence-corrected chi connectivity index (χ3v) is 8.25. The van der Waals surface area contributed by atoms with Crippen LogP contribution in [0.15, 0.2) is 48.9 Å². The Bertz CT molecular complexity index is 1840. The SMILES string of the molecule is [2H]C([2H])([2H])N1C(=O)c2cccc(OC(F)F)c2[C@H]2C[C@@H]1c1nn3ccc(-c4cnc(C5(C#N)CC(C)(N)C5)nc4)cc3c12. The number of hydrogen-bond donors (Lipinski definition) is 1. The quantitative estimate of drug-likeness (QED) is 0.406. The highest BCUT2D eigenvalue weighted by molar-refractivity contribution is 5.98. The van der Waals surface area contributed by atoms with Gasteiger partial charge in [-0.2, -0.15) is 19.1 Å². The van der Waals surface area contributed by atoms with E-state index >= 15 is 0 Å². The number of carbonyl (C=O) groups is 1. The zero-order chi connectivity index (χ0) is 30.5. The lowest BCUT2D eigenvalue weighted by molar-refractivity contribution is -0.0505. The van der Waals surface area contributed by atoms with E-state index in [9.17, 15) is 18.8 Å². The largest absolute Gasteiger partial charge is 0.434 e. The van der Waals surface area contributed by atoms with Gasteiger partial charge in [-0.05, 0) is 56.0 Å². The van der Waals surface area contributed by atoms with E-state index in [0.717, 1.165) is 10.5 Å². The lowest BCUT2D eigenvalue weighted by Gasteiger charge is -2.47. The molecule has 1 fully saturated rings. The fraction of sp³-hybridized carbons (Fsp3) is 0.345. The smallest absolute Gasteiger partial charge is 0.387 e. The zero-order valence-electron chi connectivity index (χ0n) is 24.3. The molecule has 0 unspecified atom stereocenters. The van der Waals surface area contributed by atoms with E-state index in [0.29, 0.717) is 41.0 Å². The Morgan fingerprint density at radius 3 is 2.67 bits per heavy atom. The second-order valence-electron chi connectivity index (χ2n) is 11.1. The van der Waals surface area contributed by atoms with E-state index in [1.165, 1.54) is 18.2 Å². The summed E-state index contributed by atoms with van der Waals surface area (Å²) in [5.74, 6) is -1.19. The maximum atomic E-state index is 13.6. The molecule has 3 aromatic heterocycles. The Hall–Kier alpha value is -4.43. The summed E-state index contributed by atoms with van der Waals surface area (Å²) in [4.78, 5) is 23.4. The second-order valence-corrected chi connectivity index (χ2v) is 11.1. The van der Waals surface area contributed by atoms with E-state index in [2.05, 4.69) is 21.1 Å². The predicted molar refractivity (Wildman–Crippen MR) is 140 cm³/mol. The van der Waals surface area contributed by atoms with Crippen molar-refractivity contribution in [1.29, 1.82) is 5.26 Å². The monoisotopic (exact) mass is 544 g/mol. The van der Waals surface area contributed by atoms with Crippen molar-refractivity contribution in [3.05, 3.63) is 77.1 Å². The molecule has 7 rings (SSSR count). The third-order valence-electron chi connectivity index (χ3n) is 8.25. The van der Waals surface area contributed by atoms with Gasteiger partial charge in [0.25, 0.3) is 5.91 Å². The summed E-state index contributed by atoms with van der Waals surface area (Å²) in [5.41, 5.74) is 8.14. The highest BCUT2D eigenvalue weighted by atomic mass is 19.3. The molecular formula is C29H25F2N7O2. The molecular weight excluding hydrogens is 516 g/mol. The number of aromatic nitrogens is 4. The number of ether oxygens (including phenoxy) is 1. The molecule has 1 aliphatic heterocycles. The van der Waals surface area contributed by atoms with Crippen LogP contribution in [0.1, 0.15) is 75.3 Å². The van der Waals surface area contributed by atoms with Gasteiger partial charge in [-0.15, -0.1) is 0 Å². The van der Waals surface area contributed by atoms with Crippen LogP contribution < -0.4 is 10.5 Å². The summed E-state index contributed by atoms with van der Waals surface area (Å²) < 4.78 is 57.8. The molecule has 40 heavy (non-hydrogen) atoms. The van der Waals surface area contributed by atoms with Gasteiger partial charge >= 0.3 is 6.61 Å². The molecule has 0 spiro atoms. The standard InChI is InChI=1S/C29H25F2N7O2/c1-28(33)12-29(13-28,14-32)26-34-10-16(11-35-26)15-6-7-38-19(8-15)23-18-9-20(24(23)36-38)37(2)25(39)17-4-3-5-21(22(17)18)40-27(30)31/h3-8,10-11,18,20,27H,9,12-13,33H2,1-2H3/t18-,20-,28?,29?/m1/s1/i2D3. The third kappa shape index (κ3) is 3.45.